The first-order valence-electron chi connectivity index (χ1n) is 16.6. The van der Waals surface area contributed by atoms with E-state index in [-0.39, 0.29) is 50.9 Å². The van der Waals surface area contributed by atoms with Gasteiger partial charge in [-0.25, -0.2) is 0 Å². The number of aliphatic hydroxyl groups excluding tert-OH is 1. The van der Waals surface area contributed by atoms with Crippen molar-refractivity contribution in [1.82, 2.24) is 0 Å². The van der Waals surface area contributed by atoms with Gasteiger partial charge in [0.15, 0.2) is 0 Å². The van der Waals surface area contributed by atoms with E-state index in [4.69, 9.17) is 28.4 Å². The summed E-state index contributed by atoms with van der Waals surface area (Å²) >= 11 is 0. The fourth-order valence-corrected chi connectivity index (χ4v) is 7.71. The zero-order chi connectivity index (χ0) is 33.0. The van der Waals surface area contributed by atoms with Crippen LogP contribution in [0.1, 0.15) is 37.5 Å². The molecule has 250 valence electrons. The van der Waals surface area contributed by atoms with Crippen LogP contribution in [0.5, 0.6) is 0 Å². The zero-order valence-electron chi connectivity index (χ0n) is 27.6. The summed E-state index contributed by atoms with van der Waals surface area (Å²) in [4.78, 5) is 0. The molecule has 3 aromatic carbocycles. The van der Waals surface area contributed by atoms with Crippen LogP contribution < -0.4 is 0 Å². The molecule has 0 aromatic heterocycles. The van der Waals surface area contributed by atoms with Crippen molar-refractivity contribution in [2.45, 2.75) is 89.2 Å². The van der Waals surface area contributed by atoms with Crippen LogP contribution in [0.2, 0.25) is 0 Å². The molecular formula is C36H47B2O8P. The normalized spacial score (nSPS) is 31.1. The number of benzene rings is 3. The molecule has 0 spiro atoms. The number of rotatable bonds is 16. The van der Waals surface area contributed by atoms with Gasteiger partial charge in [-0.1, -0.05) is 30.3 Å². The van der Waals surface area contributed by atoms with Gasteiger partial charge < -0.3 is 0 Å². The predicted octanol–water partition coefficient (Wildman–Crippen LogP) is 4.90. The van der Waals surface area contributed by atoms with Gasteiger partial charge in [0.2, 0.25) is 0 Å². The van der Waals surface area contributed by atoms with Gasteiger partial charge in [-0.05, 0) is 5.56 Å². The number of aliphatic hydroxyl groups is 1. The molecule has 5 unspecified atom stereocenters. The topological polar surface area (TPSA) is 92.7 Å². The summed E-state index contributed by atoms with van der Waals surface area (Å²) in [5.41, 5.74) is 2.79. The molecule has 11 atom stereocenters. The molecule has 47 heavy (non-hydrogen) atoms. The molecule has 0 radical (unpaired) electrons. The molecule has 2 saturated heterocycles. The summed E-state index contributed by atoms with van der Waals surface area (Å²) in [5.74, 6) is 0.278. The van der Waals surface area contributed by atoms with Crippen LogP contribution in [0.3, 0.4) is 0 Å². The molecule has 8 nitrogen and oxygen atoms in total. The van der Waals surface area contributed by atoms with Crippen LogP contribution in [-0.4, -0.2) is 80.8 Å². The third kappa shape index (κ3) is 10.1. The fraction of sp³-hybridized carbons (Fsp3) is 0.500. The molecule has 0 saturated carbocycles. The second kappa shape index (κ2) is 18.5. The molecule has 0 amide bonds. The van der Waals surface area contributed by atoms with Gasteiger partial charge in [-0.2, -0.15) is 0 Å². The van der Waals surface area contributed by atoms with Crippen molar-refractivity contribution in [2.75, 3.05) is 13.2 Å². The van der Waals surface area contributed by atoms with Crippen LogP contribution >= 0.6 is 8.46 Å². The van der Waals surface area contributed by atoms with Crippen molar-refractivity contribution in [3.05, 3.63) is 108 Å². The number of hydrogen-bond donors (Lipinski definition) is 1. The average molecular weight is 660 g/mol. The standard InChI is InChI=1S/C36H47B2O8P/c1-24-25(2)33(26(3)44-30(24)22-41-19-27-13-7-4-8-14-27)46-36-34(43-21-29-17-11-6-12-18-29)35(47-38-37-40)32(39)31(45-36)23-42-20-28-15-9-5-10-16-28/h4-18,24-26,30-36,38-39,47H,19-23H2,1-3H3/t24-,25-,26+,30?,31?,32+,33?,34?,35-,36+/m0/s1. The molecule has 2 aliphatic heterocycles. The van der Waals surface area contributed by atoms with Crippen LogP contribution in [0, 0.1) is 11.8 Å². The summed E-state index contributed by atoms with van der Waals surface area (Å²) in [5, 5.41) is 11.6. The third-order valence-corrected chi connectivity index (χ3v) is 10.8. The molecule has 1 N–H and O–H groups in total. The van der Waals surface area contributed by atoms with E-state index in [0.29, 0.717) is 33.3 Å². The summed E-state index contributed by atoms with van der Waals surface area (Å²) in [6.07, 6.45) is -3.56. The van der Waals surface area contributed by atoms with Gasteiger partial charge >= 0.3 is 240 Å². The summed E-state index contributed by atoms with van der Waals surface area (Å²) < 4.78 is 50.0. The van der Waals surface area contributed by atoms with Crippen molar-refractivity contribution in [2.24, 2.45) is 11.8 Å². The van der Waals surface area contributed by atoms with Gasteiger partial charge in [-0.15, -0.1) is 0 Å². The molecule has 2 fully saturated rings. The Kier molecular flexibility index (Phi) is 14.2. The third-order valence-electron chi connectivity index (χ3n) is 9.27. The Balaban J connectivity index is 1.29. The van der Waals surface area contributed by atoms with Gasteiger partial charge in [0.25, 0.3) is 0 Å². The first-order chi connectivity index (χ1) is 22.9. The zero-order valence-corrected chi connectivity index (χ0v) is 28.6. The molecule has 11 heteroatoms. The summed E-state index contributed by atoms with van der Waals surface area (Å²) in [6.45, 7) is 8.61. The van der Waals surface area contributed by atoms with E-state index in [1.54, 1.807) is 0 Å². The van der Waals surface area contributed by atoms with E-state index in [1.807, 2.05) is 85.8 Å². The van der Waals surface area contributed by atoms with Crippen molar-refractivity contribution in [1.29, 1.82) is 0 Å². The Morgan fingerprint density at radius 2 is 1.26 bits per heavy atom. The van der Waals surface area contributed by atoms with Crippen molar-refractivity contribution in [3.8, 4) is 0 Å². The number of hydrogen-bond acceptors (Lipinski definition) is 8. The Morgan fingerprint density at radius 1 is 0.723 bits per heavy atom. The second-order valence-corrected chi connectivity index (χ2v) is 14.1. The molecular weight excluding hydrogens is 613 g/mol. The predicted molar refractivity (Wildman–Crippen MR) is 185 cm³/mol. The molecule has 2 aliphatic rings. The van der Waals surface area contributed by atoms with Crippen molar-refractivity contribution in [3.63, 3.8) is 0 Å². The average Bonchev–Trinajstić information content (AvgIpc) is 3.10. The van der Waals surface area contributed by atoms with Gasteiger partial charge in [0, 0.05) is 0 Å². The van der Waals surface area contributed by atoms with Crippen LogP contribution in [-0.2, 0) is 52.9 Å². The van der Waals surface area contributed by atoms with E-state index in [0.717, 1.165) is 23.7 Å². The van der Waals surface area contributed by atoms with Gasteiger partial charge in [-0.3, -0.25) is 0 Å². The number of ether oxygens (including phenoxy) is 6. The molecule has 3 aromatic rings. The van der Waals surface area contributed by atoms with E-state index in [1.165, 1.54) is 0 Å². The Bertz CT molecular complexity index is 1330. The molecule has 0 bridgehead atoms. The first-order valence-corrected chi connectivity index (χ1v) is 17.9. The quantitative estimate of drug-likeness (QED) is 0.172. The Labute approximate surface area is 282 Å². The maximum atomic E-state index is 11.6. The van der Waals surface area contributed by atoms with Crippen LogP contribution in [0.4, 0.5) is 0 Å². The minimum atomic E-state index is -0.896. The fourth-order valence-electron chi connectivity index (χ4n) is 6.40. The van der Waals surface area contributed by atoms with Crippen molar-refractivity contribution < 1.29 is 38.2 Å². The van der Waals surface area contributed by atoms with Gasteiger partial charge in [0.05, 0.1) is 6.61 Å². The van der Waals surface area contributed by atoms with E-state index < -0.39 is 24.6 Å². The SMILES string of the molecule is C[C@@H]1C(COCc2ccccc2)O[C@H](C)C(O[C@H]2OC(COCc3ccccc3)[C@@H](O)[C@H](PBB=O)C2OCc2ccccc2)[C@H]1C. The second-order valence-electron chi connectivity index (χ2n) is 12.6. The molecule has 2 heterocycles. The molecule has 0 aliphatic carbocycles. The summed E-state index contributed by atoms with van der Waals surface area (Å²) in [6, 6.07) is 29.9. The monoisotopic (exact) mass is 660 g/mol. The Hall–Kier alpha value is -2.26. The first kappa shape index (κ1) is 36.0. The maximum absolute atomic E-state index is 11.6. The van der Waals surface area contributed by atoms with E-state index >= 15 is 0 Å². The minimum absolute atomic E-state index is 0.0799. The van der Waals surface area contributed by atoms with Crippen LogP contribution in [0.25, 0.3) is 0 Å². The van der Waals surface area contributed by atoms with Crippen LogP contribution in [0.15, 0.2) is 91.0 Å². The van der Waals surface area contributed by atoms with E-state index in [9.17, 15) is 9.81 Å². The van der Waals surface area contributed by atoms with E-state index in [2.05, 4.69) is 26.0 Å². The molecule has 5 rings (SSSR count). The Morgan fingerprint density at radius 3 is 1.81 bits per heavy atom. The summed E-state index contributed by atoms with van der Waals surface area (Å²) in [7, 11) is 1.03. The van der Waals surface area contributed by atoms with Gasteiger partial charge in [0.1, 0.15) is 0 Å². The van der Waals surface area contributed by atoms with Crippen molar-refractivity contribution >= 4 is 22.4 Å².